The van der Waals surface area contributed by atoms with Crippen molar-refractivity contribution in [3.8, 4) is 0 Å². The molecule has 3 unspecified atom stereocenters. The Labute approximate surface area is 232 Å². The van der Waals surface area contributed by atoms with Gasteiger partial charge in [0.25, 0.3) is 0 Å². The van der Waals surface area contributed by atoms with E-state index in [4.69, 9.17) is 20.4 Å². The SMILES string of the molecule is C[C@@H]1CCC2Cn3c(nc4nc(/C(N)=N/C(=O)O)nc(N[C@H](C)C5CCC5)c43)C3C2=C1OCC3c1ccccc1. The van der Waals surface area contributed by atoms with Crippen molar-refractivity contribution >= 4 is 28.9 Å². The predicted octanol–water partition coefficient (Wildman–Crippen LogP) is 5.02. The van der Waals surface area contributed by atoms with Gasteiger partial charge in [-0.3, -0.25) is 0 Å². The third kappa shape index (κ3) is 4.03. The van der Waals surface area contributed by atoms with Crippen LogP contribution in [0.5, 0.6) is 0 Å². The van der Waals surface area contributed by atoms with Crippen molar-refractivity contribution in [3.05, 3.63) is 58.9 Å². The van der Waals surface area contributed by atoms with Gasteiger partial charge in [-0.25, -0.2) is 19.7 Å². The van der Waals surface area contributed by atoms with E-state index >= 15 is 0 Å². The predicted molar refractivity (Wildman–Crippen MR) is 151 cm³/mol. The first-order valence-corrected chi connectivity index (χ1v) is 14.4. The van der Waals surface area contributed by atoms with Gasteiger partial charge in [0, 0.05) is 30.3 Å². The van der Waals surface area contributed by atoms with Crippen LogP contribution in [0.1, 0.15) is 75.0 Å². The van der Waals surface area contributed by atoms with Crippen LogP contribution in [0.2, 0.25) is 0 Å². The second-order valence-electron chi connectivity index (χ2n) is 11.9. The Morgan fingerprint density at radius 1 is 1.18 bits per heavy atom. The highest BCUT2D eigenvalue weighted by molar-refractivity contribution is 6.01. The number of carbonyl (C=O) groups is 1. The summed E-state index contributed by atoms with van der Waals surface area (Å²) in [7, 11) is 0. The number of carboxylic acid groups (broad SMARTS) is 1. The zero-order chi connectivity index (χ0) is 27.5. The van der Waals surface area contributed by atoms with E-state index in [1.807, 2.05) is 6.07 Å². The fourth-order valence-corrected chi connectivity index (χ4v) is 7.18. The van der Waals surface area contributed by atoms with Gasteiger partial charge in [-0.2, -0.15) is 4.99 Å². The second-order valence-corrected chi connectivity index (χ2v) is 11.9. The molecule has 1 saturated carbocycles. The average molecular weight is 542 g/mol. The first-order valence-electron chi connectivity index (χ1n) is 14.4. The number of allylic oxidation sites excluding steroid dienone is 2. The van der Waals surface area contributed by atoms with E-state index in [9.17, 15) is 9.90 Å². The molecule has 0 saturated heterocycles. The Kier molecular flexibility index (Phi) is 6.01. The van der Waals surface area contributed by atoms with Gasteiger partial charge in [0.05, 0.1) is 18.3 Å². The summed E-state index contributed by atoms with van der Waals surface area (Å²) < 4.78 is 8.82. The molecule has 4 heterocycles. The molecule has 4 N–H and O–H groups in total. The normalized spacial score (nSPS) is 26.9. The van der Waals surface area contributed by atoms with Crippen LogP contribution in [0, 0.1) is 17.8 Å². The van der Waals surface area contributed by atoms with Gasteiger partial charge in [0.1, 0.15) is 11.3 Å². The number of hydrogen-bond donors (Lipinski definition) is 3. The number of rotatable bonds is 5. The van der Waals surface area contributed by atoms with E-state index in [-0.39, 0.29) is 29.5 Å². The number of nitrogens with two attached hydrogens (primary N) is 1. The van der Waals surface area contributed by atoms with Gasteiger partial charge in [-0.05, 0) is 49.7 Å². The van der Waals surface area contributed by atoms with Crippen molar-refractivity contribution in [3.63, 3.8) is 0 Å². The topological polar surface area (TPSA) is 141 Å². The number of hydrogen-bond acceptors (Lipinski definition) is 6. The summed E-state index contributed by atoms with van der Waals surface area (Å²) in [6.07, 6.45) is 4.41. The molecule has 3 aromatic rings. The number of amides is 1. The van der Waals surface area contributed by atoms with Crippen molar-refractivity contribution in [2.75, 3.05) is 11.9 Å². The third-order valence-electron chi connectivity index (χ3n) is 9.48. The molecule has 1 aromatic carbocycles. The Hall–Kier alpha value is -3.95. The average Bonchev–Trinajstić information content (AvgIpc) is 3.28. The van der Waals surface area contributed by atoms with Crippen LogP contribution in [-0.2, 0) is 11.3 Å². The van der Waals surface area contributed by atoms with Crippen LogP contribution < -0.4 is 11.1 Å². The number of aromatic nitrogens is 4. The quantitative estimate of drug-likeness (QED) is 0.302. The lowest BCUT2D eigenvalue weighted by molar-refractivity contribution is 0.0984. The smallest absolute Gasteiger partial charge is 0.433 e. The van der Waals surface area contributed by atoms with Crippen molar-refractivity contribution in [1.29, 1.82) is 0 Å². The molecule has 208 valence electrons. The van der Waals surface area contributed by atoms with Crippen LogP contribution >= 0.6 is 0 Å². The van der Waals surface area contributed by atoms with Crippen LogP contribution in [-0.4, -0.2) is 49.2 Å². The summed E-state index contributed by atoms with van der Waals surface area (Å²) in [6.45, 7) is 5.83. The lowest BCUT2D eigenvalue weighted by Gasteiger charge is -2.46. The highest BCUT2D eigenvalue weighted by Gasteiger charge is 2.47. The van der Waals surface area contributed by atoms with E-state index in [0.29, 0.717) is 35.8 Å². The maximum absolute atomic E-state index is 11.3. The molecule has 0 bridgehead atoms. The lowest BCUT2D eigenvalue weighted by atomic mass is 9.67. The zero-order valence-corrected chi connectivity index (χ0v) is 22.9. The molecular formula is C30H35N7O3. The number of ether oxygens (including phenoxy) is 1. The number of aliphatic imine (C=N–C) groups is 1. The van der Waals surface area contributed by atoms with Gasteiger partial charge in [0.15, 0.2) is 23.1 Å². The third-order valence-corrected chi connectivity index (χ3v) is 9.48. The molecular weight excluding hydrogens is 506 g/mol. The molecule has 2 aromatic heterocycles. The molecule has 1 amide bonds. The van der Waals surface area contributed by atoms with E-state index in [2.05, 4.69) is 58.0 Å². The summed E-state index contributed by atoms with van der Waals surface area (Å²) in [5.41, 5.74) is 10.0. The lowest BCUT2D eigenvalue weighted by Crippen LogP contribution is -2.39. The Bertz CT molecular complexity index is 1540. The monoisotopic (exact) mass is 541 g/mol. The maximum atomic E-state index is 11.3. The van der Waals surface area contributed by atoms with Gasteiger partial charge in [0.2, 0.25) is 0 Å². The molecule has 1 fully saturated rings. The fraction of sp³-hybridized carbons (Fsp3) is 0.500. The molecule has 2 aliphatic heterocycles. The molecule has 10 nitrogen and oxygen atoms in total. The van der Waals surface area contributed by atoms with Gasteiger partial charge in [-0.1, -0.05) is 43.7 Å². The molecule has 10 heteroatoms. The number of anilines is 1. The van der Waals surface area contributed by atoms with E-state index in [1.54, 1.807) is 0 Å². The first kappa shape index (κ1) is 25.0. The molecule has 5 atom stereocenters. The van der Waals surface area contributed by atoms with Crippen molar-refractivity contribution in [2.45, 2.75) is 70.4 Å². The largest absolute Gasteiger partial charge is 0.497 e. The summed E-state index contributed by atoms with van der Waals surface area (Å²) in [5, 5.41) is 12.9. The highest BCUT2D eigenvalue weighted by atomic mass is 16.5. The minimum absolute atomic E-state index is 0.0623. The Morgan fingerprint density at radius 2 is 1.98 bits per heavy atom. The fourth-order valence-electron chi connectivity index (χ4n) is 7.18. The van der Waals surface area contributed by atoms with E-state index in [1.165, 1.54) is 30.4 Å². The molecule has 0 radical (unpaired) electrons. The van der Waals surface area contributed by atoms with E-state index in [0.717, 1.165) is 36.5 Å². The van der Waals surface area contributed by atoms with Gasteiger partial charge >= 0.3 is 6.09 Å². The summed E-state index contributed by atoms with van der Waals surface area (Å²) in [6, 6.07) is 10.8. The molecule has 4 aliphatic rings. The van der Waals surface area contributed by atoms with Gasteiger partial charge in [-0.15, -0.1) is 0 Å². The highest BCUT2D eigenvalue weighted by Crippen LogP contribution is 2.54. The molecule has 2 aliphatic carbocycles. The molecule has 7 rings (SSSR count). The Morgan fingerprint density at radius 3 is 2.70 bits per heavy atom. The van der Waals surface area contributed by atoms with Crippen LogP contribution in [0.15, 0.2) is 46.7 Å². The number of fused-ring (bicyclic) bond motifs is 4. The maximum Gasteiger partial charge on any atom is 0.433 e. The van der Waals surface area contributed by atoms with Crippen molar-refractivity contribution in [2.24, 2.45) is 28.5 Å². The Balaban J connectivity index is 1.43. The minimum Gasteiger partial charge on any atom is -0.497 e. The molecule has 40 heavy (non-hydrogen) atoms. The number of benzene rings is 1. The van der Waals surface area contributed by atoms with Crippen LogP contribution in [0.4, 0.5) is 10.6 Å². The van der Waals surface area contributed by atoms with Crippen molar-refractivity contribution < 1.29 is 14.6 Å². The number of amidine groups is 1. The molecule has 0 spiro atoms. The van der Waals surface area contributed by atoms with Gasteiger partial charge < -0.3 is 25.5 Å². The second kappa shape index (κ2) is 9.60. The van der Waals surface area contributed by atoms with Crippen LogP contribution in [0.25, 0.3) is 11.2 Å². The minimum atomic E-state index is -1.38. The van der Waals surface area contributed by atoms with Crippen molar-refractivity contribution in [1.82, 2.24) is 19.5 Å². The number of nitrogens with zero attached hydrogens (tertiary/aromatic N) is 5. The number of nitrogens with one attached hydrogen (secondary N) is 1. The summed E-state index contributed by atoms with van der Waals surface area (Å²) >= 11 is 0. The first-order chi connectivity index (χ1) is 19.4. The summed E-state index contributed by atoms with van der Waals surface area (Å²) in [5.74, 6) is 4.08. The van der Waals surface area contributed by atoms with E-state index < -0.39 is 6.09 Å². The van der Waals surface area contributed by atoms with Crippen LogP contribution in [0.3, 0.4) is 0 Å². The summed E-state index contributed by atoms with van der Waals surface area (Å²) in [4.78, 5) is 29.4. The number of imidazole rings is 1. The zero-order valence-electron chi connectivity index (χ0n) is 22.9. The standard InChI is InChI=1S/C30H35N7O3/c1-15-11-12-19-13-37-23-26(32-16(2)17-9-6-10-17)34-28(25(31)33-30(38)39)35-27(23)36-29(37)22-20(14-40-24(15)21(19)22)18-7-4-3-5-8-18/h3-5,7-8,15-17,19-20,22H,6,9-14H2,1-2H3,(H2,31,33)(H,38,39)(H,32,34,35)/t15-,16-,19?,20?,22?/m1/s1.